The molecule has 0 bridgehead atoms. The Morgan fingerprint density at radius 2 is 1.64 bits per heavy atom. The number of aryl methyl sites for hydroxylation is 1. The summed E-state index contributed by atoms with van der Waals surface area (Å²) >= 11 is 0. The number of amides is 2. The van der Waals surface area contributed by atoms with Gasteiger partial charge in [0.2, 0.25) is 11.8 Å². The van der Waals surface area contributed by atoms with E-state index in [0.29, 0.717) is 13.0 Å². The second-order valence-corrected chi connectivity index (χ2v) is 7.84. The molecule has 0 heterocycles. The SMILES string of the molecule is Cc1ccc(CN(C(=O)Cc2ccccc2)[C@@H](C)C(=O)NC2CCCC2)cc1. The highest BCUT2D eigenvalue weighted by molar-refractivity contribution is 5.88. The Labute approximate surface area is 167 Å². The average molecular weight is 379 g/mol. The van der Waals surface area contributed by atoms with Gasteiger partial charge in [-0.05, 0) is 37.8 Å². The highest BCUT2D eigenvalue weighted by atomic mass is 16.2. The number of rotatable bonds is 7. The van der Waals surface area contributed by atoms with Crippen molar-refractivity contribution in [1.82, 2.24) is 10.2 Å². The van der Waals surface area contributed by atoms with Crippen LogP contribution in [0.15, 0.2) is 54.6 Å². The Morgan fingerprint density at radius 3 is 2.29 bits per heavy atom. The van der Waals surface area contributed by atoms with Crippen LogP contribution in [0.4, 0.5) is 0 Å². The molecule has 3 rings (SSSR count). The predicted octanol–water partition coefficient (Wildman–Crippen LogP) is 4.01. The molecular formula is C24H30N2O2. The van der Waals surface area contributed by atoms with Crippen molar-refractivity contribution < 1.29 is 9.59 Å². The minimum absolute atomic E-state index is 0.0270. The largest absolute Gasteiger partial charge is 0.352 e. The third kappa shape index (κ3) is 5.44. The summed E-state index contributed by atoms with van der Waals surface area (Å²) in [6.07, 6.45) is 4.70. The Balaban J connectivity index is 1.74. The lowest BCUT2D eigenvalue weighted by atomic mass is 10.1. The van der Waals surface area contributed by atoms with E-state index in [2.05, 4.69) is 5.32 Å². The lowest BCUT2D eigenvalue weighted by Crippen LogP contribution is -2.50. The second kappa shape index (κ2) is 9.54. The quantitative estimate of drug-likeness (QED) is 0.791. The van der Waals surface area contributed by atoms with Gasteiger partial charge in [-0.3, -0.25) is 9.59 Å². The number of hydrogen-bond acceptors (Lipinski definition) is 2. The Morgan fingerprint density at radius 1 is 1.00 bits per heavy atom. The normalized spacial score (nSPS) is 15.2. The molecule has 0 radical (unpaired) electrons. The minimum atomic E-state index is -0.502. The summed E-state index contributed by atoms with van der Waals surface area (Å²) in [6, 6.07) is 17.6. The fourth-order valence-electron chi connectivity index (χ4n) is 3.74. The molecule has 0 spiro atoms. The van der Waals surface area contributed by atoms with Crippen LogP contribution in [0.1, 0.15) is 49.3 Å². The van der Waals surface area contributed by atoms with Crippen LogP contribution < -0.4 is 5.32 Å². The molecule has 1 aliphatic rings. The third-order valence-electron chi connectivity index (χ3n) is 5.54. The van der Waals surface area contributed by atoms with E-state index in [9.17, 15) is 9.59 Å². The highest BCUT2D eigenvalue weighted by Crippen LogP contribution is 2.19. The van der Waals surface area contributed by atoms with E-state index < -0.39 is 6.04 Å². The molecule has 148 valence electrons. The van der Waals surface area contributed by atoms with Gasteiger partial charge in [-0.2, -0.15) is 0 Å². The fourth-order valence-corrected chi connectivity index (χ4v) is 3.74. The molecule has 4 heteroatoms. The zero-order chi connectivity index (χ0) is 19.9. The summed E-state index contributed by atoms with van der Waals surface area (Å²) < 4.78 is 0. The van der Waals surface area contributed by atoms with Crippen LogP contribution in [0.3, 0.4) is 0 Å². The van der Waals surface area contributed by atoms with Gasteiger partial charge in [0.25, 0.3) is 0 Å². The number of nitrogens with one attached hydrogen (secondary N) is 1. The molecule has 0 aliphatic heterocycles. The summed E-state index contributed by atoms with van der Waals surface area (Å²) in [6.45, 7) is 4.31. The van der Waals surface area contributed by atoms with Crippen LogP contribution in [0.5, 0.6) is 0 Å². The zero-order valence-corrected chi connectivity index (χ0v) is 16.9. The van der Waals surface area contributed by atoms with Gasteiger partial charge in [-0.15, -0.1) is 0 Å². The Kier molecular flexibility index (Phi) is 6.85. The number of carbonyl (C=O) groups excluding carboxylic acids is 2. The van der Waals surface area contributed by atoms with E-state index in [1.807, 2.05) is 68.4 Å². The molecule has 2 amide bonds. The standard InChI is InChI=1S/C24H30N2O2/c1-18-12-14-21(15-13-18)17-26(23(27)16-20-8-4-3-5-9-20)19(2)24(28)25-22-10-6-7-11-22/h3-5,8-9,12-15,19,22H,6-7,10-11,16-17H2,1-2H3,(H,25,28)/t19-/m0/s1. The van der Waals surface area contributed by atoms with Crippen molar-refractivity contribution in [2.75, 3.05) is 0 Å². The van der Waals surface area contributed by atoms with Crippen molar-refractivity contribution >= 4 is 11.8 Å². The maximum Gasteiger partial charge on any atom is 0.242 e. The summed E-state index contributed by atoms with van der Waals surface area (Å²) in [5.41, 5.74) is 3.18. The second-order valence-electron chi connectivity index (χ2n) is 7.84. The molecule has 1 aliphatic carbocycles. The average Bonchev–Trinajstić information content (AvgIpc) is 3.20. The van der Waals surface area contributed by atoms with Crippen LogP contribution >= 0.6 is 0 Å². The summed E-state index contributed by atoms with van der Waals surface area (Å²) in [5, 5.41) is 3.14. The van der Waals surface area contributed by atoms with Crippen molar-refractivity contribution in [3.63, 3.8) is 0 Å². The first-order valence-corrected chi connectivity index (χ1v) is 10.2. The van der Waals surface area contributed by atoms with Gasteiger partial charge in [0.05, 0.1) is 6.42 Å². The molecule has 28 heavy (non-hydrogen) atoms. The van der Waals surface area contributed by atoms with E-state index in [4.69, 9.17) is 0 Å². The first-order chi connectivity index (χ1) is 13.5. The van der Waals surface area contributed by atoms with E-state index >= 15 is 0 Å². The van der Waals surface area contributed by atoms with Gasteiger partial charge < -0.3 is 10.2 Å². The lowest BCUT2D eigenvalue weighted by Gasteiger charge is -2.30. The molecule has 1 saturated carbocycles. The smallest absolute Gasteiger partial charge is 0.242 e. The van der Waals surface area contributed by atoms with Gasteiger partial charge >= 0.3 is 0 Å². The molecule has 0 saturated heterocycles. The monoisotopic (exact) mass is 378 g/mol. The summed E-state index contributed by atoms with van der Waals surface area (Å²) in [4.78, 5) is 27.7. The number of carbonyl (C=O) groups is 2. The van der Waals surface area contributed by atoms with Crippen molar-refractivity contribution in [3.8, 4) is 0 Å². The Bertz CT molecular complexity index is 780. The van der Waals surface area contributed by atoms with E-state index in [0.717, 1.165) is 24.0 Å². The molecule has 4 nitrogen and oxygen atoms in total. The molecule has 2 aromatic rings. The van der Waals surface area contributed by atoms with Crippen LogP contribution in [0.2, 0.25) is 0 Å². The maximum atomic E-state index is 13.1. The first-order valence-electron chi connectivity index (χ1n) is 10.2. The zero-order valence-electron chi connectivity index (χ0n) is 16.9. The van der Waals surface area contributed by atoms with Crippen molar-refractivity contribution in [2.24, 2.45) is 0 Å². The molecule has 1 fully saturated rings. The van der Waals surface area contributed by atoms with E-state index in [-0.39, 0.29) is 17.9 Å². The van der Waals surface area contributed by atoms with Crippen molar-refractivity contribution in [1.29, 1.82) is 0 Å². The molecule has 0 unspecified atom stereocenters. The maximum absolute atomic E-state index is 13.1. The van der Waals surface area contributed by atoms with Crippen LogP contribution in [0, 0.1) is 6.92 Å². The predicted molar refractivity (Wildman–Crippen MR) is 112 cm³/mol. The van der Waals surface area contributed by atoms with Crippen LogP contribution in [-0.2, 0) is 22.6 Å². The number of hydrogen-bond donors (Lipinski definition) is 1. The topological polar surface area (TPSA) is 49.4 Å². The highest BCUT2D eigenvalue weighted by Gasteiger charge is 2.28. The van der Waals surface area contributed by atoms with Crippen LogP contribution in [0.25, 0.3) is 0 Å². The summed E-state index contributed by atoms with van der Waals surface area (Å²) in [5.74, 6) is -0.0822. The van der Waals surface area contributed by atoms with Gasteiger partial charge in [-0.1, -0.05) is 73.0 Å². The number of benzene rings is 2. The van der Waals surface area contributed by atoms with Crippen molar-refractivity contribution in [2.45, 2.75) is 64.6 Å². The van der Waals surface area contributed by atoms with Gasteiger partial charge in [0.15, 0.2) is 0 Å². The molecule has 1 N–H and O–H groups in total. The van der Waals surface area contributed by atoms with E-state index in [1.165, 1.54) is 18.4 Å². The van der Waals surface area contributed by atoms with Gasteiger partial charge in [0, 0.05) is 12.6 Å². The van der Waals surface area contributed by atoms with Crippen LogP contribution in [-0.4, -0.2) is 28.8 Å². The number of nitrogens with zero attached hydrogens (tertiary/aromatic N) is 1. The first kappa shape index (κ1) is 20.1. The van der Waals surface area contributed by atoms with E-state index in [1.54, 1.807) is 4.90 Å². The van der Waals surface area contributed by atoms with Gasteiger partial charge in [0.1, 0.15) is 6.04 Å². The third-order valence-corrected chi connectivity index (χ3v) is 5.54. The molecule has 0 aromatic heterocycles. The Hall–Kier alpha value is -2.62. The summed E-state index contributed by atoms with van der Waals surface area (Å²) in [7, 11) is 0. The molecular weight excluding hydrogens is 348 g/mol. The minimum Gasteiger partial charge on any atom is -0.352 e. The molecule has 1 atom stereocenters. The van der Waals surface area contributed by atoms with Crippen molar-refractivity contribution in [3.05, 3.63) is 71.3 Å². The van der Waals surface area contributed by atoms with Gasteiger partial charge in [-0.25, -0.2) is 0 Å². The lowest BCUT2D eigenvalue weighted by molar-refractivity contribution is -0.140. The molecule has 2 aromatic carbocycles. The fraction of sp³-hybridized carbons (Fsp3) is 0.417.